The first-order valence-corrected chi connectivity index (χ1v) is 10.0. The van der Waals surface area contributed by atoms with Crippen molar-refractivity contribution in [1.82, 2.24) is 4.98 Å². The monoisotopic (exact) mass is 441 g/mol. The number of hydrogen-bond acceptors (Lipinski definition) is 1. The van der Waals surface area contributed by atoms with Gasteiger partial charge in [0.25, 0.3) is 0 Å². The summed E-state index contributed by atoms with van der Waals surface area (Å²) in [5, 5.41) is 3.30. The average Bonchev–Trinajstić information content (AvgIpc) is 2.66. The fourth-order valence-corrected chi connectivity index (χ4v) is 3.76. The van der Waals surface area contributed by atoms with E-state index in [4.69, 9.17) is 28.2 Å². The molecule has 0 aliphatic rings. The first-order valence-electron chi connectivity index (χ1n) is 8.15. The Balaban J connectivity index is 1.98. The van der Waals surface area contributed by atoms with Crippen LogP contribution >= 0.6 is 39.1 Å². The SMILES string of the molecule is Clc1cccc(-c2ccc3cc(CBr)cc(-c4cccc(Cl)c4)c3n2)c1. The van der Waals surface area contributed by atoms with Gasteiger partial charge in [-0.3, -0.25) is 0 Å². The summed E-state index contributed by atoms with van der Waals surface area (Å²) in [6.07, 6.45) is 0. The maximum Gasteiger partial charge on any atom is 0.0788 e. The Morgan fingerprint density at radius 3 is 2.15 bits per heavy atom. The van der Waals surface area contributed by atoms with Crippen LogP contribution in [0.4, 0.5) is 0 Å². The highest BCUT2D eigenvalue weighted by molar-refractivity contribution is 9.08. The Kier molecular flexibility index (Phi) is 4.99. The van der Waals surface area contributed by atoms with E-state index in [1.807, 2.05) is 48.5 Å². The van der Waals surface area contributed by atoms with Crippen molar-refractivity contribution in [3.63, 3.8) is 0 Å². The number of pyridine rings is 1. The Labute approximate surface area is 170 Å². The van der Waals surface area contributed by atoms with Crippen LogP contribution in [0.2, 0.25) is 10.0 Å². The molecule has 4 heteroatoms. The van der Waals surface area contributed by atoms with Crippen molar-refractivity contribution in [1.29, 1.82) is 0 Å². The Morgan fingerprint density at radius 1 is 0.769 bits per heavy atom. The van der Waals surface area contributed by atoms with Crippen LogP contribution in [-0.4, -0.2) is 4.98 Å². The van der Waals surface area contributed by atoms with Crippen molar-refractivity contribution in [2.45, 2.75) is 5.33 Å². The van der Waals surface area contributed by atoms with Gasteiger partial charge in [-0.05, 0) is 53.6 Å². The molecule has 0 unspecified atom stereocenters. The van der Waals surface area contributed by atoms with E-state index in [0.29, 0.717) is 10.0 Å². The van der Waals surface area contributed by atoms with Crippen LogP contribution in [0.3, 0.4) is 0 Å². The molecule has 0 aliphatic heterocycles. The first-order chi connectivity index (χ1) is 12.6. The smallest absolute Gasteiger partial charge is 0.0788 e. The zero-order valence-electron chi connectivity index (χ0n) is 13.7. The molecule has 3 aromatic carbocycles. The number of halogens is 3. The molecule has 1 aromatic heterocycles. The standard InChI is InChI=1S/C22H14BrCl2N/c23-13-14-9-17-7-8-21(16-4-2-6-19(25)12-16)26-22(17)20(10-14)15-3-1-5-18(24)11-15/h1-12H,13H2. The van der Waals surface area contributed by atoms with E-state index in [9.17, 15) is 0 Å². The lowest BCUT2D eigenvalue weighted by atomic mass is 9.98. The minimum atomic E-state index is 0.703. The molecule has 128 valence electrons. The van der Waals surface area contributed by atoms with E-state index in [2.05, 4.69) is 40.2 Å². The second kappa shape index (κ2) is 7.40. The topological polar surface area (TPSA) is 12.9 Å². The minimum Gasteiger partial charge on any atom is -0.247 e. The second-order valence-corrected chi connectivity index (χ2v) is 7.50. The molecule has 0 aliphatic carbocycles. The Morgan fingerprint density at radius 2 is 1.46 bits per heavy atom. The van der Waals surface area contributed by atoms with Gasteiger partial charge < -0.3 is 0 Å². The third-order valence-corrected chi connectivity index (χ3v) is 5.38. The van der Waals surface area contributed by atoms with Crippen molar-refractivity contribution < 1.29 is 0 Å². The molecular formula is C22H14BrCl2N. The molecule has 26 heavy (non-hydrogen) atoms. The Hall–Kier alpha value is -1.87. The van der Waals surface area contributed by atoms with Crippen LogP contribution in [0.5, 0.6) is 0 Å². The van der Waals surface area contributed by atoms with Crippen LogP contribution in [0.1, 0.15) is 5.56 Å². The normalized spacial score (nSPS) is 11.0. The van der Waals surface area contributed by atoms with Crippen molar-refractivity contribution in [3.05, 3.63) is 88.4 Å². The van der Waals surface area contributed by atoms with E-state index in [1.54, 1.807) is 0 Å². The number of benzene rings is 3. The largest absolute Gasteiger partial charge is 0.247 e. The molecule has 0 spiro atoms. The molecule has 1 nitrogen and oxygen atoms in total. The lowest BCUT2D eigenvalue weighted by Crippen LogP contribution is -1.91. The van der Waals surface area contributed by atoms with Gasteiger partial charge >= 0.3 is 0 Å². The van der Waals surface area contributed by atoms with Crippen molar-refractivity contribution in [2.24, 2.45) is 0 Å². The lowest BCUT2D eigenvalue weighted by molar-refractivity contribution is 1.38. The number of aromatic nitrogens is 1. The maximum absolute atomic E-state index is 6.22. The molecule has 0 radical (unpaired) electrons. The predicted molar refractivity (Wildman–Crippen MR) is 115 cm³/mol. The molecule has 0 atom stereocenters. The van der Waals surface area contributed by atoms with Crippen molar-refractivity contribution in [3.8, 4) is 22.4 Å². The molecule has 1 heterocycles. The van der Waals surface area contributed by atoms with Crippen molar-refractivity contribution in [2.75, 3.05) is 0 Å². The molecule has 0 saturated heterocycles. The number of fused-ring (bicyclic) bond motifs is 1. The van der Waals surface area contributed by atoms with Gasteiger partial charge in [0.1, 0.15) is 0 Å². The van der Waals surface area contributed by atoms with Gasteiger partial charge in [0.15, 0.2) is 0 Å². The van der Waals surface area contributed by atoms with Crippen molar-refractivity contribution >= 4 is 50.0 Å². The summed E-state index contributed by atoms with van der Waals surface area (Å²) in [5.74, 6) is 0. The van der Waals surface area contributed by atoms with Crippen LogP contribution in [-0.2, 0) is 5.33 Å². The summed E-state index contributed by atoms with van der Waals surface area (Å²) in [7, 11) is 0. The van der Waals surface area contributed by atoms with E-state index >= 15 is 0 Å². The van der Waals surface area contributed by atoms with Gasteiger partial charge in [0, 0.05) is 31.9 Å². The van der Waals surface area contributed by atoms with Gasteiger partial charge in [-0.15, -0.1) is 0 Å². The minimum absolute atomic E-state index is 0.703. The molecular weight excluding hydrogens is 429 g/mol. The molecule has 0 amide bonds. The number of nitrogens with zero attached hydrogens (tertiary/aromatic N) is 1. The number of rotatable bonds is 3. The van der Waals surface area contributed by atoms with Crippen LogP contribution < -0.4 is 0 Å². The van der Waals surface area contributed by atoms with E-state index in [-0.39, 0.29) is 0 Å². The summed E-state index contributed by atoms with van der Waals surface area (Å²) >= 11 is 15.9. The summed E-state index contributed by atoms with van der Waals surface area (Å²) in [4.78, 5) is 4.95. The third kappa shape index (κ3) is 3.50. The molecule has 4 aromatic rings. The third-order valence-electron chi connectivity index (χ3n) is 4.26. The van der Waals surface area contributed by atoms with E-state index in [0.717, 1.165) is 38.6 Å². The van der Waals surface area contributed by atoms with E-state index < -0.39 is 0 Å². The van der Waals surface area contributed by atoms with Gasteiger partial charge in [0.05, 0.1) is 11.2 Å². The zero-order chi connectivity index (χ0) is 18.1. The van der Waals surface area contributed by atoms with Gasteiger partial charge in [0.2, 0.25) is 0 Å². The average molecular weight is 443 g/mol. The predicted octanol–water partition coefficient (Wildman–Crippen LogP) is 7.77. The molecule has 0 saturated carbocycles. The number of alkyl halides is 1. The van der Waals surface area contributed by atoms with Gasteiger partial charge in [-0.25, -0.2) is 4.98 Å². The summed E-state index contributed by atoms with van der Waals surface area (Å²) in [6.45, 7) is 0. The fraction of sp³-hybridized carbons (Fsp3) is 0.0455. The van der Waals surface area contributed by atoms with Crippen LogP contribution in [0.25, 0.3) is 33.3 Å². The van der Waals surface area contributed by atoms with Crippen LogP contribution in [0, 0.1) is 0 Å². The molecule has 0 N–H and O–H groups in total. The maximum atomic E-state index is 6.22. The number of hydrogen-bond donors (Lipinski definition) is 0. The lowest BCUT2D eigenvalue weighted by Gasteiger charge is -2.11. The molecule has 4 rings (SSSR count). The Bertz CT molecular complexity index is 1110. The quantitative estimate of drug-likeness (QED) is 0.295. The summed E-state index contributed by atoms with van der Waals surface area (Å²) in [6, 6.07) is 24.1. The highest BCUT2D eigenvalue weighted by atomic mass is 79.9. The summed E-state index contributed by atoms with van der Waals surface area (Å²) < 4.78 is 0. The van der Waals surface area contributed by atoms with Gasteiger partial charge in [-0.2, -0.15) is 0 Å². The van der Waals surface area contributed by atoms with E-state index in [1.165, 1.54) is 5.56 Å². The highest BCUT2D eigenvalue weighted by Crippen LogP contribution is 2.33. The fourth-order valence-electron chi connectivity index (χ4n) is 3.06. The molecule has 0 fully saturated rings. The second-order valence-electron chi connectivity index (χ2n) is 6.07. The van der Waals surface area contributed by atoms with Crippen LogP contribution in [0.15, 0.2) is 72.8 Å². The zero-order valence-corrected chi connectivity index (χ0v) is 16.8. The highest BCUT2D eigenvalue weighted by Gasteiger charge is 2.10. The van der Waals surface area contributed by atoms with Gasteiger partial charge in [-0.1, -0.05) is 69.5 Å². The first kappa shape index (κ1) is 17.5. The summed E-state index contributed by atoms with van der Waals surface area (Å²) in [5.41, 5.74) is 6.18. The molecule has 0 bridgehead atoms.